The zero-order valence-electron chi connectivity index (χ0n) is 18.8. The molecule has 0 unspecified atom stereocenters. The molecule has 4 rings (SSSR count). The third-order valence-corrected chi connectivity index (χ3v) is 5.28. The van der Waals surface area contributed by atoms with Gasteiger partial charge in [0.25, 0.3) is 5.91 Å². The summed E-state index contributed by atoms with van der Waals surface area (Å²) in [5.74, 6) is -0.816. The number of carbonyl (C=O) groups excluding carboxylic acids is 3. The number of carbonyl (C=O) groups is 3. The molecule has 0 radical (unpaired) electrons. The Hall–Kier alpha value is -4.20. The Bertz CT molecular complexity index is 1410. The molecule has 33 heavy (non-hydrogen) atoms. The van der Waals surface area contributed by atoms with Crippen LogP contribution < -0.4 is 5.32 Å². The Morgan fingerprint density at radius 2 is 1.82 bits per heavy atom. The number of ketones is 1. The van der Waals surface area contributed by atoms with Gasteiger partial charge < -0.3 is 15.4 Å². The van der Waals surface area contributed by atoms with E-state index in [1.54, 1.807) is 53.2 Å². The van der Waals surface area contributed by atoms with Gasteiger partial charge in [0.1, 0.15) is 5.69 Å². The fraction of sp³-hybridized carbons (Fsp3) is 0.200. The number of H-pyrrole nitrogens is 1. The van der Waals surface area contributed by atoms with Crippen molar-refractivity contribution in [2.75, 3.05) is 5.32 Å². The van der Waals surface area contributed by atoms with Gasteiger partial charge in [0.05, 0.1) is 16.8 Å². The van der Waals surface area contributed by atoms with Crippen LogP contribution in [0.15, 0.2) is 48.5 Å². The van der Waals surface area contributed by atoms with E-state index in [1.165, 1.54) is 0 Å². The summed E-state index contributed by atoms with van der Waals surface area (Å²) in [4.78, 5) is 39.9. The molecule has 0 atom stereocenters. The monoisotopic (exact) mass is 444 g/mol. The third-order valence-electron chi connectivity index (χ3n) is 5.28. The fourth-order valence-corrected chi connectivity index (χ4v) is 3.74. The topological polar surface area (TPSA) is 117 Å². The number of nitrogens with one attached hydrogen (secondary N) is 2. The van der Waals surface area contributed by atoms with Gasteiger partial charge in [-0.05, 0) is 52.0 Å². The molecule has 8 nitrogen and oxygen atoms in total. The summed E-state index contributed by atoms with van der Waals surface area (Å²) in [6.07, 6.45) is 0.564. The van der Waals surface area contributed by atoms with Crippen LogP contribution in [0, 0.1) is 6.92 Å². The summed E-state index contributed by atoms with van der Waals surface area (Å²) in [7, 11) is 0. The first-order valence-electron chi connectivity index (χ1n) is 10.4. The number of aromatic nitrogens is 3. The fourth-order valence-electron chi connectivity index (χ4n) is 3.74. The van der Waals surface area contributed by atoms with E-state index in [4.69, 9.17) is 0 Å². The number of rotatable bonds is 5. The predicted octanol–water partition coefficient (Wildman–Crippen LogP) is 4.43. The molecule has 0 bridgehead atoms. The molecule has 0 saturated heterocycles. The summed E-state index contributed by atoms with van der Waals surface area (Å²) < 4.78 is 1.68. The molecule has 1 amide bonds. The van der Waals surface area contributed by atoms with Crippen molar-refractivity contribution < 1.29 is 19.5 Å². The molecule has 2 aromatic heterocycles. The van der Waals surface area contributed by atoms with Crippen molar-refractivity contribution in [3.63, 3.8) is 0 Å². The maximum Gasteiger partial charge on any atom is 0.273 e. The standard InChI is InChI=1S/C25H24N4O4/c1-14-10-21(29(28-14)25(2,3)4)24(33)26-17-7-5-6-15(11-17)22(31)16-8-9-18-19(13-30)23(32)27-20(18)12-16/h5-13,27,32H,1-4H3,(H,26,33). The molecule has 168 valence electrons. The highest BCUT2D eigenvalue weighted by Crippen LogP contribution is 2.27. The Balaban J connectivity index is 1.61. The Morgan fingerprint density at radius 3 is 2.52 bits per heavy atom. The highest BCUT2D eigenvalue weighted by molar-refractivity contribution is 6.12. The number of hydrogen-bond acceptors (Lipinski definition) is 5. The second-order valence-electron chi connectivity index (χ2n) is 8.88. The van der Waals surface area contributed by atoms with E-state index < -0.39 is 0 Å². The molecule has 0 aliphatic heterocycles. The van der Waals surface area contributed by atoms with Crippen LogP contribution in [-0.2, 0) is 5.54 Å². The van der Waals surface area contributed by atoms with Crippen molar-refractivity contribution in [2.45, 2.75) is 33.2 Å². The lowest BCUT2D eigenvalue weighted by atomic mass is 10.0. The smallest absolute Gasteiger partial charge is 0.273 e. The number of nitrogens with zero attached hydrogens (tertiary/aromatic N) is 2. The molecule has 8 heteroatoms. The van der Waals surface area contributed by atoms with Crippen LogP contribution in [0.5, 0.6) is 5.88 Å². The average Bonchev–Trinajstić information content (AvgIpc) is 3.31. The van der Waals surface area contributed by atoms with Crippen LogP contribution in [0.25, 0.3) is 10.9 Å². The van der Waals surface area contributed by atoms with Gasteiger partial charge in [0, 0.05) is 27.7 Å². The summed E-state index contributed by atoms with van der Waals surface area (Å²) >= 11 is 0. The third kappa shape index (κ3) is 4.15. The number of amides is 1. The summed E-state index contributed by atoms with van der Waals surface area (Å²) in [6, 6.07) is 13.2. The predicted molar refractivity (Wildman–Crippen MR) is 125 cm³/mol. The van der Waals surface area contributed by atoms with E-state index in [1.807, 2.05) is 27.7 Å². The first-order valence-corrected chi connectivity index (χ1v) is 10.4. The van der Waals surface area contributed by atoms with Crippen molar-refractivity contribution in [2.24, 2.45) is 0 Å². The lowest BCUT2D eigenvalue weighted by Crippen LogP contribution is -2.29. The van der Waals surface area contributed by atoms with Crippen molar-refractivity contribution >= 4 is 34.6 Å². The van der Waals surface area contributed by atoms with Gasteiger partial charge in [0.2, 0.25) is 0 Å². The van der Waals surface area contributed by atoms with E-state index in [0.717, 1.165) is 5.69 Å². The van der Waals surface area contributed by atoms with Crippen LogP contribution >= 0.6 is 0 Å². The van der Waals surface area contributed by atoms with E-state index >= 15 is 0 Å². The van der Waals surface area contributed by atoms with Crippen LogP contribution in [0.2, 0.25) is 0 Å². The van der Waals surface area contributed by atoms with Gasteiger partial charge in [-0.15, -0.1) is 0 Å². The molecule has 0 spiro atoms. The lowest BCUT2D eigenvalue weighted by molar-refractivity contribution is 0.100. The van der Waals surface area contributed by atoms with Crippen molar-refractivity contribution in [3.8, 4) is 5.88 Å². The molecule has 3 N–H and O–H groups in total. The zero-order valence-corrected chi connectivity index (χ0v) is 18.8. The number of hydrogen-bond donors (Lipinski definition) is 3. The first kappa shape index (κ1) is 22.0. The number of fused-ring (bicyclic) bond motifs is 1. The minimum atomic E-state index is -0.368. The van der Waals surface area contributed by atoms with E-state index in [0.29, 0.717) is 39.7 Å². The molecular weight excluding hydrogens is 420 g/mol. The highest BCUT2D eigenvalue weighted by atomic mass is 16.3. The number of benzene rings is 2. The number of aromatic hydroxyl groups is 1. The molecule has 4 aromatic rings. The summed E-state index contributed by atoms with van der Waals surface area (Å²) in [5, 5.41) is 17.7. The van der Waals surface area contributed by atoms with Crippen molar-refractivity contribution in [1.82, 2.24) is 14.8 Å². The normalized spacial score (nSPS) is 11.5. The average molecular weight is 444 g/mol. The van der Waals surface area contributed by atoms with Gasteiger partial charge >= 0.3 is 0 Å². The van der Waals surface area contributed by atoms with Gasteiger partial charge in [-0.3, -0.25) is 19.1 Å². The quantitative estimate of drug-likeness (QED) is 0.311. The van der Waals surface area contributed by atoms with Crippen molar-refractivity contribution in [1.29, 1.82) is 0 Å². The largest absolute Gasteiger partial charge is 0.494 e. The van der Waals surface area contributed by atoms with Gasteiger partial charge in [-0.1, -0.05) is 24.3 Å². The number of anilines is 1. The van der Waals surface area contributed by atoms with E-state index in [2.05, 4.69) is 15.4 Å². The van der Waals surface area contributed by atoms with Crippen LogP contribution in [0.4, 0.5) is 5.69 Å². The minimum Gasteiger partial charge on any atom is -0.494 e. The van der Waals surface area contributed by atoms with Gasteiger partial charge in [-0.25, -0.2) is 0 Å². The maximum absolute atomic E-state index is 13.1. The minimum absolute atomic E-state index is 0.151. The second kappa shape index (κ2) is 8.05. The van der Waals surface area contributed by atoms with Gasteiger partial charge in [0.15, 0.2) is 17.9 Å². The molecule has 2 aromatic carbocycles. The molecule has 0 saturated carbocycles. The van der Waals surface area contributed by atoms with Crippen LogP contribution in [0.3, 0.4) is 0 Å². The molecule has 2 heterocycles. The van der Waals surface area contributed by atoms with Crippen molar-refractivity contribution in [3.05, 3.63) is 76.6 Å². The summed E-state index contributed by atoms with van der Waals surface area (Å²) in [5.41, 5.74) is 2.68. The molecular formula is C25H24N4O4. The molecule has 0 aliphatic carbocycles. The van der Waals surface area contributed by atoms with Gasteiger partial charge in [-0.2, -0.15) is 5.10 Å². The molecule has 0 aliphatic rings. The Morgan fingerprint density at radius 1 is 1.09 bits per heavy atom. The van der Waals surface area contributed by atoms with E-state index in [9.17, 15) is 19.5 Å². The van der Waals surface area contributed by atoms with Crippen LogP contribution in [-0.4, -0.2) is 37.8 Å². The second-order valence-corrected chi connectivity index (χ2v) is 8.88. The van der Waals surface area contributed by atoms with E-state index in [-0.39, 0.29) is 28.7 Å². The Labute approximate surface area is 190 Å². The van der Waals surface area contributed by atoms with Crippen LogP contribution in [0.1, 0.15) is 63.2 Å². The maximum atomic E-state index is 13.1. The lowest BCUT2D eigenvalue weighted by Gasteiger charge is -2.22. The summed E-state index contributed by atoms with van der Waals surface area (Å²) in [6.45, 7) is 7.73. The number of aromatic amines is 1. The first-order chi connectivity index (χ1) is 15.6. The highest BCUT2D eigenvalue weighted by Gasteiger charge is 2.23. The number of aldehydes is 1. The molecule has 0 fully saturated rings. The SMILES string of the molecule is Cc1cc(C(=O)Nc2cccc(C(=O)c3ccc4c(C=O)c(O)[nH]c4c3)c2)n(C(C)(C)C)n1. The number of aryl methyl sites for hydroxylation is 1. The zero-order chi connectivity index (χ0) is 23.9. The Kier molecular flexibility index (Phi) is 5.37.